The topological polar surface area (TPSA) is 80.5 Å². The molecule has 6 nitrogen and oxygen atoms in total. The van der Waals surface area contributed by atoms with Gasteiger partial charge in [0, 0.05) is 35.5 Å². The number of anilines is 3. The molecule has 0 atom stereocenters. The zero-order valence-electron chi connectivity index (χ0n) is 16.2. The number of fused-ring (bicyclic) bond motifs is 3. The quantitative estimate of drug-likeness (QED) is 0.626. The molecule has 1 amide bonds. The van der Waals surface area contributed by atoms with Crippen LogP contribution in [-0.4, -0.2) is 31.1 Å². The molecule has 150 valence electrons. The summed E-state index contributed by atoms with van der Waals surface area (Å²) in [6.07, 6.45) is 2.30. The van der Waals surface area contributed by atoms with Crippen LogP contribution in [0.15, 0.2) is 18.2 Å². The zero-order chi connectivity index (χ0) is 20.3. The molecular weight excluding hydrogens is 408 g/mol. The third kappa shape index (κ3) is 2.91. The van der Waals surface area contributed by atoms with Crippen LogP contribution in [0.3, 0.4) is 0 Å². The summed E-state index contributed by atoms with van der Waals surface area (Å²) in [5.74, 6) is 0.750. The van der Waals surface area contributed by atoms with Crippen molar-refractivity contribution in [3.05, 3.63) is 39.4 Å². The maximum atomic E-state index is 13.0. The van der Waals surface area contributed by atoms with Gasteiger partial charge >= 0.3 is 0 Å². The first-order chi connectivity index (χ1) is 14.0. The van der Waals surface area contributed by atoms with Crippen molar-refractivity contribution in [1.29, 1.82) is 0 Å². The lowest BCUT2D eigenvalue weighted by Gasteiger charge is -2.41. The van der Waals surface area contributed by atoms with E-state index in [-0.39, 0.29) is 5.91 Å². The minimum absolute atomic E-state index is 0.272. The van der Waals surface area contributed by atoms with Gasteiger partial charge in [-0.3, -0.25) is 4.79 Å². The van der Waals surface area contributed by atoms with Gasteiger partial charge in [0.1, 0.15) is 15.5 Å². The summed E-state index contributed by atoms with van der Waals surface area (Å²) in [5.41, 5.74) is 10.6. The number of nitrogens with zero attached hydrogens (tertiary/aromatic N) is 2. The Morgan fingerprint density at radius 2 is 2.10 bits per heavy atom. The Bertz CT molecular complexity index is 1150. The lowest BCUT2D eigenvalue weighted by Crippen LogP contribution is -2.39. The molecule has 3 aromatic rings. The fraction of sp³-hybridized carbons (Fsp3) is 0.333. The summed E-state index contributed by atoms with van der Waals surface area (Å²) in [6, 6.07) is 5.60. The molecule has 0 saturated carbocycles. The molecule has 3 N–H and O–H groups in total. The van der Waals surface area contributed by atoms with Crippen LogP contribution in [0.25, 0.3) is 10.2 Å². The number of carbonyl (C=O) groups is 1. The van der Waals surface area contributed by atoms with Crippen molar-refractivity contribution in [1.82, 2.24) is 4.98 Å². The third-order valence-corrected chi connectivity index (χ3v) is 7.41. The van der Waals surface area contributed by atoms with E-state index in [2.05, 4.69) is 16.3 Å². The van der Waals surface area contributed by atoms with Crippen LogP contribution >= 0.6 is 22.9 Å². The number of aromatic nitrogens is 1. The maximum Gasteiger partial charge on any atom is 0.268 e. The largest absolute Gasteiger partial charge is 0.495 e. The molecule has 0 radical (unpaired) electrons. The molecule has 8 heteroatoms. The molecule has 1 fully saturated rings. The first kappa shape index (κ1) is 18.5. The number of carbonyl (C=O) groups excluding carboxylic acids is 1. The van der Waals surface area contributed by atoms with Gasteiger partial charge in [0.05, 0.1) is 29.9 Å². The number of ether oxygens (including phenoxy) is 1. The van der Waals surface area contributed by atoms with Gasteiger partial charge in [-0.1, -0.05) is 11.6 Å². The summed E-state index contributed by atoms with van der Waals surface area (Å²) in [7, 11) is 1.54. The zero-order valence-corrected chi connectivity index (χ0v) is 17.8. The third-order valence-electron chi connectivity index (χ3n) is 5.89. The fourth-order valence-corrected chi connectivity index (χ4v) is 5.40. The molecule has 1 aromatic carbocycles. The Balaban J connectivity index is 1.53. The second kappa shape index (κ2) is 6.78. The first-order valence-electron chi connectivity index (χ1n) is 9.59. The normalized spacial score (nSPS) is 15.6. The Kier molecular flexibility index (Phi) is 4.33. The standard InChI is InChI=1S/C21H21ClN4O2S/c1-10-7-14(16(28-2)9-13(10)22)24-20(27)19-17(23)12-8-15-18(25-21(12)29-19)11-3-5-26(15)6-4-11/h7-9,11H,3-6,23H2,1-2H3,(H,24,27). The number of piperidine rings is 1. The van der Waals surface area contributed by atoms with E-state index in [9.17, 15) is 4.79 Å². The predicted molar refractivity (Wildman–Crippen MR) is 119 cm³/mol. The Labute approximate surface area is 177 Å². The maximum absolute atomic E-state index is 13.0. The van der Waals surface area contributed by atoms with Crippen LogP contribution in [0, 0.1) is 6.92 Å². The van der Waals surface area contributed by atoms with E-state index >= 15 is 0 Å². The number of halogens is 1. The van der Waals surface area contributed by atoms with Crippen molar-refractivity contribution in [3.63, 3.8) is 0 Å². The molecule has 1 saturated heterocycles. The van der Waals surface area contributed by atoms with Crippen LogP contribution < -0.4 is 20.7 Å². The van der Waals surface area contributed by atoms with Crippen molar-refractivity contribution < 1.29 is 9.53 Å². The van der Waals surface area contributed by atoms with E-state index in [0.717, 1.165) is 47.4 Å². The van der Waals surface area contributed by atoms with Gasteiger partial charge in [-0.05, 0) is 37.5 Å². The number of hydrogen-bond donors (Lipinski definition) is 2. The molecule has 3 aliphatic rings. The highest BCUT2D eigenvalue weighted by Crippen LogP contribution is 2.45. The molecule has 2 bridgehead atoms. The monoisotopic (exact) mass is 428 g/mol. The highest BCUT2D eigenvalue weighted by Gasteiger charge is 2.33. The smallest absolute Gasteiger partial charge is 0.268 e. The van der Waals surface area contributed by atoms with Crippen molar-refractivity contribution in [2.24, 2.45) is 0 Å². The number of rotatable bonds is 3. The van der Waals surface area contributed by atoms with Crippen molar-refractivity contribution in [3.8, 4) is 5.75 Å². The van der Waals surface area contributed by atoms with Crippen LogP contribution in [0.1, 0.15) is 39.7 Å². The van der Waals surface area contributed by atoms with Crippen LogP contribution in [0.2, 0.25) is 5.02 Å². The summed E-state index contributed by atoms with van der Waals surface area (Å²) >= 11 is 7.50. The van der Waals surface area contributed by atoms with E-state index < -0.39 is 0 Å². The van der Waals surface area contributed by atoms with Gasteiger partial charge in [-0.25, -0.2) is 4.98 Å². The van der Waals surface area contributed by atoms with Gasteiger partial charge < -0.3 is 20.7 Å². The predicted octanol–water partition coefficient (Wildman–Crippen LogP) is 4.80. The minimum Gasteiger partial charge on any atom is -0.495 e. The average molecular weight is 429 g/mol. The number of thiophene rings is 1. The summed E-state index contributed by atoms with van der Waals surface area (Å²) in [5, 5.41) is 4.35. The number of nitrogens with one attached hydrogen (secondary N) is 1. The molecule has 0 unspecified atom stereocenters. The minimum atomic E-state index is -0.272. The highest BCUT2D eigenvalue weighted by molar-refractivity contribution is 7.21. The Morgan fingerprint density at radius 3 is 2.83 bits per heavy atom. The van der Waals surface area contributed by atoms with E-state index in [0.29, 0.717) is 32.9 Å². The van der Waals surface area contributed by atoms with E-state index in [1.54, 1.807) is 19.2 Å². The molecule has 29 heavy (non-hydrogen) atoms. The number of methoxy groups -OCH3 is 1. The molecule has 0 spiro atoms. The van der Waals surface area contributed by atoms with E-state index in [1.165, 1.54) is 17.0 Å². The van der Waals surface area contributed by atoms with Crippen molar-refractivity contribution in [2.75, 3.05) is 36.1 Å². The van der Waals surface area contributed by atoms with Gasteiger partial charge in [0.2, 0.25) is 0 Å². The van der Waals surface area contributed by atoms with Gasteiger partial charge in [-0.2, -0.15) is 0 Å². The lowest BCUT2D eigenvalue weighted by molar-refractivity contribution is 0.103. The van der Waals surface area contributed by atoms with Gasteiger partial charge in [0.15, 0.2) is 0 Å². The second-order valence-corrected chi connectivity index (χ2v) is 9.01. The number of nitrogens with two attached hydrogens (primary N) is 1. The average Bonchev–Trinajstić information content (AvgIpc) is 3.06. The molecular formula is C21H21ClN4O2S. The first-order valence-corrected chi connectivity index (χ1v) is 10.8. The van der Waals surface area contributed by atoms with Crippen molar-refractivity contribution in [2.45, 2.75) is 25.7 Å². The van der Waals surface area contributed by atoms with Crippen LogP contribution in [0.4, 0.5) is 17.1 Å². The highest BCUT2D eigenvalue weighted by atomic mass is 35.5. The van der Waals surface area contributed by atoms with E-state index in [4.69, 9.17) is 27.1 Å². The van der Waals surface area contributed by atoms with Crippen molar-refractivity contribution >= 4 is 56.1 Å². The second-order valence-electron chi connectivity index (χ2n) is 7.61. The number of pyridine rings is 1. The van der Waals surface area contributed by atoms with E-state index in [1.807, 2.05) is 6.92 Å². The number of amides is 1. The Morgan fingerprint density at radius 1 is 1.34 bits per heavy atom. The van der Waals surface area contributed by atoms with Crippen LogP contribution in [-0.2, 0) is 0 Å². The molecule has 2 aromatic heterocycles. The molecule has 0 aliphatic carbocycles. The summed E-state index contributed by atoms with van der Waals surface area (Å²) in [4.78, 5) is 21.6. The van der Waals surface area contributed by atoms with Crippen LogP contribution in [0.5, 0.6) is 5.75 Å². The summed E-state index contributed by atoms with van der Waals surface area (Å²) < 4.78 is 5.36. The Hall–Kier alpha value is -2.51. The lowest BCUT2D eigenvalue weighted by atomic mass is 9.86. The number of nitrogen functional groups attached to an aromatic ring is 1. The molecule has 6 rings (SSSR count). The van der Waals surface area contributed by atoms with Gasteiger partial charge in [-0.15, -0.1) is 11.3 Å². The SMILES string of the molecule is COc1cc(Cl)c(C)cc1NC(=O)c1sc2nc3c(cc2c1N)N1CCC3CC1. The molecule has 5 heterocycles. The number of aryl methyl sites for hydroxylation is 1. The number of hydrogen-bond acceptors (Lipinski definition) is 6. The van der Waals surface area contributed by atoms with Gasteiger partial charge in [0.25, 0.3) is 5.91 Å². The molecule has 3 aliphatic heterocycles. The summed E-state index contributed by atoms with van der Waals surface area (Å²) in [6.45, 7) is 4.01. The fourth-order valence-electron chi connectivity index (χ4n) is 4.27. The number of benzene rings is 1.